The summed E-state index contributed by atoms with van der Waals surface area (Å²) >= 11 is 0. The van der Waals surface area contributed by atoms with E-state index < -0.39 is 0 Å². The van der Waals surface area contributed by atoms with E-state index in [1.54, 1.807) is 19.5 Å². The van der Waals surface area contributed by atoms with Crippen LogP contribution in [0, 0.1) is 0 Å². The number of hydrogen-bond acceptors (Lipinski definition) is 5. The van der Waals surface area contributed by atoms with E-state index in [4.69, 9.17) is 14.6 Å². The van der Waals surface area contributed by atoms with Crippen molar-refractivity contribution in [2.75, 3.05) is 20.3 Å². The second-order valence-corrected chi connectivity index (χ2v) is 3.54. The summed E-state index contributed by atoms with van der Waals surface area (Å²) in [5, 5.41) is 8.63. The van der Waals surface area contributed by atoms with Gasteiger partial charge in [-0.3, -0.25) is 0 Å². The molecule has 0 unspecified atom stereocenters. The van der Waals surface area contributed by atoms with E-state index in [9.17, 15) is 0 Å². The van der Waals surface area contributed by atoms with E-state index in [1.807, 2.05) is 24.3 Å². The van der Waals surface area contributed by atoms with Crippen molar-refractivity contribution in [2.45, 2.75) is 0 Å². The van der Waals surface area contributed by atoms with E-state index in [1.165, 1.54) is 0 Å². The molecular weight excluding hydrogens is 232 g/mol. The molecule has 0 aliphatic heterocycles. The molecule has 18 heavy (non-hydrogen) atoms. The van der Waals surface area contributed by atoms with Crippen LogP contribution in [0.3, 0.4) is 0 Å². The minimum absolute atomic E-state index is 0.0275. The summed E-state index contributed by atoms with van der Waals surface area (Å²) in [5.74, 6) is 1.96. The van der Waals surface area contributed by atoms with Gasteiger partial charge in [-0.2, -0.15) is 0 Å². The average molecular weight is 246 g/mol. The normalized spacial score (nSPS) is 10.1. The van der Waals surface area contributed by atoms with E-state index in [0.29, 0.717) is 11.6 Å². The Labute approximate surface area is 105 Å². The van der Waals surface area contributed by atoms with Gasteiger partial charge in [0.2, 0.25) is 0 Å². The van der Waals surface area contributed by atoms with Crippen LogP contribution in [0.5, 0.6) is 11.5 Å². The number of benzene rings is 1. The molecule has 0 spiro atoms. The second-order valence-electron chi connectivity index (χ2n) is 3.54. The molecule has 0 aliphatic rings. The fourth-order valence-electron chi connectivity index (χ4n) is 1.44. The summed E-state index contributed by atoms with van der Waals surface area (Å²) in [6.07, 6.45) is 3.17. The lowest BCUT2D eigenvalue weighted by Crippen LogP contribution is -2.02. The van der Waals surface area contributed by atoms with Crippen molar-refractivity contribution in [3.8, 4) is 22.9 Å². The first-order valence-corrected chi connectivity index (χ1v) is 5.53. The molecule has 1 aromatic heterocycles. The van der Waals surface area contributed by atoms with Crippen molar-refractivity contribution in [3.05, 3.63) is 36.7 Å². The van der Waals surface area contributed by atoms with Crippen LogP contribution >= 0.6 is 0 Å². The lowest BCUT2D eigenvalue weighted by atomic mass is 10.2. The number of aliphatic hydroxyl groups is 1. The molecule has 5 nitrogen and oxygen atoms in total. The molecule has 0 aliphatic carbocycles. The van der Waals surface area contributed by atoms with Gasteiger partial charge in [-0.1, -0.05) is 0 Å². The van der Waals surface area contributed by atoms with Gasteiger partial charge in [0.25, 0.3) is 0 Å². The van der Waals surface area contributed by atoms with E-state index in [0.717, 1.165) is 11.3 Å². The fourth-order valence-corrected chi connectivity index (χ4v) is 1.44. The highest BCUT2D eigenvalue weighted by molar-refractivity contribution is 5.56. The first-order chi connectivity index (χ1) is 8.83. The topological polar surface area (TPSA) is 64.5 Å². The fraction of sp³-hybridized carbons (Fsp3) is 0.231. The Morgan fingerprint density at radius 3 is 2.28 bits per heavy atom. The number of rotatable bonds is 5. The Bertz CT molecular complexity index is 483. The maximum Gasteiger partial charge on any atom is 0.159 e. The summed E-state index contributed by atoms with van der Waals surface area (Å²) in [4.78, 5) is 8.40. The van der Waals surface area contributed by atoms with Gasteiger partial charge in [-0.15, -0.1) is 0 Å². The molecule has 0 saturated heterocycles. The average Bonchev–Trinajstić information content (AvgIpc) is 2.46. The number of hydrogen-bond donors (Lipinski definition) is 1. The smallest absolute Gasteiger partial charge is 0.159 e. The Morgan fingerprint density at radius 1 is 1.06 bits per heavy atom. The Hall–Kier alpha value is -2.14. The number of methoxy groups -OCH3 is 1. The van der Waals surface area contributed by atoms with E-state index in [2.05, 4.69) is 9.97 Å². The minimum atomic E-state index is -0.0275. The van der Waals surface area contributed by atoms with Gasteiger partial charge < -0.3 is 14.6 Å². The van der Waals surface area contributed by atoms with Crippen LogP contribution in [0.4, 0.5) is 0 Å². The summed E-state index contributed by atoms with van der Waals surface area (Å²) < 4.78 is 10.3. The van der Waals surface area contributed by atoms with Crippen LogP contribution < -0.4 is 9.47 Å². The summed E-state index contributed by atoms with van der Waals surface area (Å²) in [7, 11) is 1.62. The Kier molecular flexibility index (Phi) is 4.09. The largest absolute Gasteiger partial charge is 0.497 e. The van der Waals surface area contributed by atoms with Crippen molar-refractivity contribution in [1.29, 1.82) is 0 Å². The molecular formula is C13H14N2O3. The van der Waals surface area contributed by atoms with Crippen LogP contribution in [0.25, 0.3) is 11.4 Å². The third-order valence-corrected chi connectivity index (χ3v) is 2.34. The van der Waals surface area contributed by atoms with Gasteiger partial charge in [-0.05, 0) is 24.3 Å². The molecule has 0 bridgehead atoms. The molecule has 2 aromatic rings. The molecule has 1 N–H and O–H groups in total. The third-order valence-electron chi connectivity index (χ3n) is 2.34. The highest BCUT2D eigenvalue weighted by Gasteiger charge is 2.02. The van der Waals surface area contributed by atoms with Crippen molar-refractivity contribution in [2.24, 2.45) is 0 Å². The number of nitrogens with zero attached hydrogens (tertiary/aromatic N) is 2. The third kappa shape index (κ3) is 2.95. The Balaban J connectivity index is 2.12. The van der Waals surface area contributed by atoms with Gasteiger partial charge in [0, 0.05) is 5.56 Å². The quantitative estimate of drug-likeness (QED) is 0.866. The molecule has 0 atom stereocenters. The molecule has 5 heteroatoms. The van der Waals surface area contributed by atoms with Crippen LogP contribution in [0.15, 0.2) is 36.7 Å². The molecule has 1 heterocycles. The molecule has 0 saturated carbocycles. The highest BCUT2D eigenvalue weighted by Crippen LogP contribution is 2.19. The Morgan fingerprint density at radius 2 is 1.72 bits per heavy atom. The summed E-state index contributed by atoms with van der Waals surface area (Å²) in [6, 6.07) is 7.49. The zero-order valence-corrected chi connectivity index (χ0v) is 10.0. The standard InChI is InChI=1S/C13H14N2O3/c1-17-11-4-2-10(3-5-11)13-14-8-12(9-15-13)18-7-6-16/h2-5,8-9,16H,6-7H2,1H3. The molecule has 0 amide bonds. The van der Waals surface area contributed by atoms with Gasteiger partial charge >= 0.3 is 0 Å². The number of aromatic nitrogens is 2. The molecule has 94 valence electrons. The van der Waals surface area contributed by atoms with Crippen LogP contribution in [-0.2, 0) is 0 Å². The predicted molar refractivity (Wildman–Crippen MR) is 66.6 cm³/mol. The lowest BCUT2D eigenvalue weighted by Gasteiger charge is -2.05. The van der Waals surface area contributed by atoms with Crippen molar-refractivity contribution >= 4 is 0 Å². The van der Waals surface area contributed by atoms with Crippen molar-refractivity contribution in [3.63, 3.8) is 0 Å². The lowest BCUT2D eigenvalue weighted by molar-refractivity contribution is 0.200. The second kappa shape index (κ2) is 5.97. The zero-order chi connectivity index (χ0) is 12.8. The summed E-state index contributed by atoms with van der Waals surface area (Å²) in [5.41, 5.74) is 0.907. The molecule has 0 fully saturated rings. The molecule has 2 rings (SSSR count). The first-order valence-electron chi connectivity index (χ1n) is 5.53. The molecule has 1 aromatic carbocycles. The SMILES string of the molecule is COc1ccc(-c2ncc(OCCO)cn2)cc1. The molecule has 0 radical (unpaired) electrons. The van der Waals surface area contributed by atoms with Gasteiger partial charge in [0.1, 0.15) is 12.4 Å². The van der Waals surface area contributed by atoms with Gasteiger partial charge in [0.05, 0.1) is 26.1 Å². The zero-order valence-electron chi connectivity index (χ0n) is 10.0. The maximum absolute atomic E-state index is 8.63. The summed E-state index contributed by atoms with van der Waals surface area (Å²) in [6.45, 7) is 0.214. The monoisotopic (exact) mass is 246 g/mol. The van der Waals surface area contributed by atoms with Crippen LogP contribution in [-0.4, -0.2) is 35.4 Å². The highest BCUT2D eigenvalue weighted by atomic mass is 16.5. The van der Waals surface area contributed by atoms with Gasteiger partial charge in [-0.25, -0.2) is 9.97 Å². The van der Waals surface area contributed by atoms with E-state index in [-0.39, 0.29) is 13.2 Å². The number of ether oxygens (including phenoxy) is 2. The predicted octanol–water partition coefficient (Wildman–Crippen LogP) is 1.52. The van der Waals surface area contributed by atoms with Gasteiger partial charge in [0.15, 0.2) is 11.6 Å². The van der Waals surface area contributed by atoms with Crippen LogP contribution in [0.2, 0.25) is 0 Å². The maximum atomic E-state index is 8.63. The van der Waals surface area contributed by atoms with Crippen molar-refractivity contribution in [1.82, 2.24) is 9.97 Å². The van der Waals surface area contributed by atoms with Crippen LogP contribution in [0.1, 0.15) is 0 Å². The first kappa shape index (κ1) is 12.3. The van der Waals surface area contributed by atoms with Crippen molar-refractivity contribution < 1.29 is 14.6 Å². The number of aliphatic hydroxyl groups excluding tert-OH is 1. The van der Waals surface area contributed by atoms with E-state index >= 15 is 0 Å². The minimum Gasteiger partial charge on any atom is -0.497 e.